The molecule has 7 heteroatoms. The van der Waals surface area contributed by atoms with E-state index in [2.05, 4.69) is 0 Å². The lowest BCUT2D eigenvalue weighted by molar-refractivity contribution is -0.134. The van der Waals surface area contributed by atoms with Crippen LogP contribution in [0.5, 0.6) is 0 Å². The number of nitrogens with two attached hydrogens (primary N) is 1. The highest BCUT2D eigenvalue weighted by molar-refractivity contribution is 7.90. The second kappa shape index (κ2) is 7.59. The Kier molecular flexibility index (Phi) is 5.76. The maximum atomic E-state index is 12.1. The van der Waals surface area contributed by atoms with Gasteiger partial charge in [0, 0.05) is 25.4 Å². The molecule has 2 N–H and O–H groups in total. The standard InChI is InChI=1S/C16H22N2O4S/c17-16(20)14-6-9-18(10-7-14)15(19)8-11-23(21,22)12-13-4-2-1-3-5-13/h1-5,14H,6-12H2,(H2,17,20). The summed E-state index contributed by atoms with van der Waals surface area (Å²) in [5.41, 5.74) is 5.98. The molecule has 0 unspecified atom stereocenters. The van der Waals surface area contributed by atoms with E-state index in [9.17, 15) is 18.0 Å². The van der Waals surface area contributed by atoms with Crippen molar-refractivity contribution in [3.05, 3.63) is 35.9 Å². The third-order valence-corrected chi connectivity index (χ3v) is 5.71. The van der Waals surface area contributed by atoms with Crippen molar-refractivity contribution in [2.45, 2.75) is 25.0 Å². The molecule has 1 aliphatic rings. The first kappa shape index (κ1) is 17.5. The molecule has 0 radical (unpaired) electrons. The molecule has 6 nitrogen and oxygen atoms in total. The molecule has 1 aliphatic heterocycles. The minimum atomic E-state index is -3.31. The highest BCUT2D eigenvalue weighted by Crippen LogP contribution is 2.17. The van der Waals surface area contributed by atoms with Crippen molar-refractivity contribution >= 4 is 21.7 Å². The molecule has 1 heterocycles. The van der Waals surface area contributed by atoms with Gasteiger partial charge in [0.1, 0.15) is 0 Å². The van der Waals surface area contributed by atoms with E-state index in [1.807, 2.05) is 6.07 Å². The van der Waals surface area contributed by atoms with Crippen LogP contribution in [-0.2, 0) is 25.2 Å². The van der Waals surface area contributed by atoms with E-state index in [1.165, 1.54) is 0 Å². The van der Waals surface area contributed by atoms with Gasteiger partial charge >= 0.3 is 0 Å². The Balaban J connectivity index is 1.81. The lowest BCUT2D eigenvalue weighted by Crippen LogP contribution is -2.42. The first-order valence-electron chi connectivity index (χ1n) is 7.69. The predicted octanol–water partition coefficient (Wildman–Crippen LogP) is 0.715. The van der Waals surface area contributed by atoms with E-state index in [4.69, 9.17) is 5.73 Å². The van der Waals surface area contributed by atoms with Crippen molar-refractivity contribution in [1.82, 2.24) is 4.90 Å². The second-order valence-corrected chi connectivity index (χ2v) is 8.07. The number of likely N-dealkylation sites (tertiary alicyclic amines) is 1. The number of carbonyl (C=O) groups excluding carboxylic acids is 2. The average Bonchev–Trinajstić information content (AvgIpc) is 2.53. The Morgan fingerprint density at radius 2 is 1.74 bits per heavy atom. The number of primary amides is 1. The Morgan fingerprint density at radius 3 is 2.30 bits per heavy atom. The van der Waals surface area contributed by atoms with Crippen molar-refractivity contribution in [3.63, 3.8) is 0 Å². The number of sulfone groups is 1. The van der Waals surface area contributed by atoms with Gasteiger partial charge in [0.25, 0.3) is 0 Å². The third kappa shape index (κ3) is 5.35. The Labute approximate surface area is 136 Å². The molecular weight excluding hydrogens is 316 g/mol. The van der Waals surface area contributed by atoms with Gasteiger partial charge in [0.2, 0.25) is 11.8 Å². The number of amides is 2. The summed E-state index contributed by atoms with van der Waals surface area (Å²) in [6.07, 6.45) is 1.09. The lowest BCUT2D eigenvalue weighted by Gasteiger charge is -2.30. The highest BCUT2D eigenvalue weighted by Gasteiger charge is 2.26. The van der Waals surface area contributed by atoms with Crippen LogP contribution in [0.15, 0.2) is 30.3 Å². The predicted molar refractivity (Wildman–Crippen MR) is 87.0 cm³/mol. The van der Waals surface area contributed by atoms with Crippen molar-refractivity contribution in [3.8, 4) is 0 Å². The maximum absolute atomic E-state index is 12.1. The molecule has 23 heavy (non-hydrogen) atoms. The van der Waals surface area contributed by atoms with Gasteiger partial charge in [-0.3, -0.25) is 9.59 Å². The van der Waals surface area contributed by atoms with Gasteiger partial charge in [-0.05, 0) is 18.4 Å². The fraction of sp³-hybridized carbons (Fsp3) is 0.500. The molecule has 126 valence electrons. The van der Waals surface area contributed by atoms with Gasteiger partial charge in [-0.1, -0.05) is 30.3 Å². The minimum absolute atomic E-state index is 0.0175. The SMILES string of the molecule is NC(=O)C1CCN(C(=O)CCS(=O)(=O)Cc2ccccc2)CC1. The molecule has 1 aromatic carbocycles. The van der Waals surface area contributed by atoms with Gasteiger partial charge in [-0.15, -0.1) is 0 Å². The first-order valence-corrected chi connectivity index (χ1v) is 9.51. The Bertz CT molecular complexity index is 650. The van der Waals surface area contributed by atoms with Crippen molar-refractivity contribution < 1.29 is 18.0 Å². The number of carbonyl (C=O) groups is 2. The minimum Gasteiger partial charge on any atom is -0.369 e. The second-order valence-electron chi connectivity index (χ2n) is 5.89. The number of hydrogen-bond donors (Lipinski definition) is 1. The van der Waals surface area contributed by atoms with Crippen LogP contribution >= 0.6 is 0 Å². The maximum Gasteiger partial charge on any atom is 0.223 e. The summed E-state index contributed by atoms with van der Waals surface area (Å²) < 4.78 is 24.2. The number of hydrogen-bond acceptors (Lipinski definition) is 4. The first-order chi connectivity index (χ1) is 10.9. The molecule has 0 spiro atoms. The van der Waals surface area contributed by atoms with Crippen LogP contribution in [0.4, 0.5) is 0 Å². The molecule has 2 rings (SSSR count). The van der Waals surface area contributed by atoms with E-state index in [1.54, 1.807) is 29.2 Å². The largest absolute Gasteiger partial charge is 0.369 e. The van der Waals surface area contributed by atoms with E-state index in [0.29, 0.717) is 25.9 Å². The molecule has 0 saturated carbocycles. The zero-order chi connectivity index (χ0) is 16.9. The van der Waals surface area contributed by atoms with Crippen molar-refractivity contribution in [2.24, 2.45) is 11.7 Å². The molecule has 1 fully saturated rings. The van der Waals surface area contributed by atoms with E-state index in [0.717, 1.165) is 5.56 Å². The van der Waals surface area contributed by atoms with Gasteiger partial charge in [0.05, 0.1) is 11.5 Å². The summed E-state index contributed by atoms with van der Waals surface area (Å²) in [4.78, 5) is 24.8. The Hall–Kier alpha value is -1.89. The molecule has 0 atom stereocenters. The van der Waals surface area contributed by atoms with Gasteiger partial charge < -0.3 is 10.6 Å². The highest BCUT2D eigenvalue weighted by atomic mass is 32.2. The fourth-order valence-electron chi connectivity index (χ4n) is 2.71. The molecule has 2 amide bonds. The van der Waals surface area contributed by atoms with Gasteiger partial charge in [-0.25, -0.2) is 8.42 Å². The van der Waals surface area contributed by atoms with Crippen molar-refractivity contribution in [2.75, 3.05) is 18.8 Å². The summed E-state index contributed by atoms with van der Waals surface area (Å²) in [6.45, 7) is 0.927. The lowest BCUT2D eigenvalue weighted by atomic mass is 9.96. The molecule has 1 saturated heterocycles. The number of nitrogens with zero attached hydrogens (tertiary/aromatic N) is 1. The Morgan fingerprint density at radius 1 is 1.13 bits per heavy atom. The van der Waals surface area contributed by atoms with Crippen LogP contribution in [-0.4, -0.2) is 44.0 Å². The van der Waals surface area contributed by atoms with Crippen LogP contribution in [0.3, 0.4) is 0 Å². The summed E-state index contributed by atoms with van der Waals surface area (Å²) in [5, 5.41) is 0. The average molecular weight is 338 g/mol. The summed E-state index contributed by atoms with van der Waals surface area (Å²) in [5.74, 6) is -0.894. The van der Waals surface area contributed by atoms with Crippen LogP contribution < -0.4 is 5.73 Å². The van der Waals surface area contributed by atoms with Gasteiger partial charge in [-0.2, -0.15) is 0 Å². The molecule has 0 aliphatic carbocycles. The molecule has 0 bridgehead atoms. The molecule has 1 aromatic rings. The number of piperidine rings is 1. The van der Waals surface area contributed by atoms with Crippen LogP contribution in [0.2, 0.25) is 0 Å². The summed E-state index contributed by atoms with van der Waals surface area (Å²) >= 11 is 0. The zero-order valence-corrected chi connectivity index (χ0v) is 13.8. The molecular formula is C16H22N2O4S. The van der Waals surface area contributed by atoms with Crippen LogP contribution in [0.25, 0.3) is 0 Å². The monoisotopic (exact) mass is 338 g/mol. The van der Waals surface area contributed by atoms with E-state index in [-0.39, 0.29) is 35.7 Å². The van der Waals surface area contributed by atoms with Crippen molar-refractivity contribution in [1.29, 1.82) is 0 Å². The van der Waals surface area contributed by atoms with Crippen LogP contribution in [0.1, 0.15) is 24.8 Å². The fourth-order valence-corrected chi connectivity index (χ4v) is 4.04. The number of rotatable bonds is 6. The summed E-state index contributed by atoms with van der Waals surface area (Å²) in [6, 6.07) is 8.93. The number of benzene rings is 1. The van der Waals surface area contributed by atoms with E-state index >= 15 is 0 Å². The normalized spacial score (nSPS) is 16.3. The van der Waals surface area contributed by atoms with Gasteiger partial charge in [0.15, 0.2) is 9.84 Å². The van der Waals surface area contributed by atoms with E-state index < -0.39 is 9.84 Å². The van der Waals surface area contributed by atoms with Crippen LogP contribution in [0, 0.1) is 5.92 Å². The third-order valence-electron chi connectivity index (χ3n) is 4.11. The topological polar surface area (TPSA) is 97.5 Å². The summed E-state index contributed by atoms with van der Waals surface area (Å²) in [7, 11) is -3.31. The molecule has 0 aromatic heterocycles. The zero-order valence-electron chi connectivity index (χ0n) is 13.0. The smallest absolute Gasteiger partial charge is 0.223 e. The quantitative estimate of drug-likeness (QED) is 0.826.